The topological polar surface area (TPSA) is 58.4 Å². The van der Waals surface area contributed by atoms with E-state index in [1.165, 1.54) is 12.5 Å². The second-order valence-corrected chi connectivity index (χ2v) is 10.8. The molecule has 1 saturated carbocycles. The number of rotatable bonds is 3. The van der Waals surface area contributed by atoms with E-state index in [4.69, 9.17) is 28.9 Å². The number of hydrogen-bond acceptors (Lipinski definition) is 3. The van der Waals surface area contributed by atoms with E-state index in [2.05, 4.69) is 32.8 Å². The number of nitrogens with two attached hydrogens (primary N) is 1. The normalized spacial score (nSPS) is 30.7. The highest BCUT2D eigenvalue weighted by Crippen LogP contribution is 2.59. The average Bonchev–Trinajstić information content (AvgIpc) is 3.21. The fourth-order valence-electron chi connectivity index (χ4n) is 6.25. The molecule has 2 aromatic carbocycles. The third-order valence-corrected chi connectivity index (χ3v) is 8.90. The minimum absolute atomic E-state index is 0.0433. The number of carbonyl (C=O) groups is 1. The summed E-state index contributed by atoms with van der Waals surface area (Å²) < 4.78 is 16.2. The number of anilines is 1. The van der Waals surface area contributed by atoms with Crippen molar-refractivity contribution in [1.29, 1.82) is 0 Å². The molecule has 2 aromatic rings. The van der Waals surface area contributed by atoms with Gasteiger partial charge in [0.1, 0.15) is 11.4 Å². The molecule has 4 nitrogen and oxygen atoms in total. The molecule has 0 bridgehead atoms. The van der Waals surface area contributed by atoms with Crippen molar-refractivity contribution in [3.8, 4) is 0 Å². The highest BCUT2D eigenvalue weighted by molar-refractivity contribution is 14.1. The van der Waals surface area contributed by atoms with Gasteiger partial charge in [0.2, 0.25) is 5.91 Å². The van der Waals surface area contributed by atoms with Crippen LogP contribution in [0.4, 0.5) is 10.1 Å². The molecule has 3 aliphatic rings. The first kappa shape index (κ1) is 22.8. The minimum atomic E-state index is -1.11. The Bertz CT molecular complexity index is 1060. The molecule has 1 spiro atoms. The SMILES string of the molecule is N[C@H]1C(CI)N(C2CCCCC2)C2(C(=O)Nc3cc(Cl)ccc32)[C@H]1c1cccc(Cl)c1F. The molecule has 5 rings (SSSR count). The van der Waals surface area contributed by atoms with Crippen LogP contribution < -0.4 is 11.1 Å². The predicted molar refractivity (Wildman–Crippen MR) is 135 cm³/mol. The van der Waals surface area contributed by atoms with E-state index in [0.29, 0.717) is 16.3 Å². The first-order valence-corrected chi connectivity index (χ1v) is 13.3. The van der Waals surface area contributed by atoms with Crippen LogP contribution in [0.1, 0.15) is 49.1 Å². The van der Waals surface area contributed by atoms with Gasteiger partial charge in [-0.05, 0) is 36.6 Å². The molecule has 3 N–H and O–H groups in total. The first-order chi connectivity index (χ1) is 15.4. The van der Waals surface area contributed by atoms with Crippen molar-refractivity contribution < 1.29 is 9.18 Å². The quantitative estimate of drug-likeness (QED) is 0.350. The zero-order valence-corrected chi connectivity index (χ0v) is 21.1. The van der Waals surface area contributed by atoms with Gasteiger partial charge in [-0.15, -0.1) is 0 Å². The second kappa shape index (κ2) is 8.69. The summed E-state index contributed by atoms with van der Waals surface area (Å²) in [5, 5.41) is 3.65. The van der Waals surface area contributed by atoms with E-state index >= 15 is 4.39 Å². The number of fused-ring (bicyclic) bond motifs is 2. The molecule has 8 heteroatoms. The van der Waals surface area contributed by atoms with Crippen LogP contribution >= 0.6 is 45.8 Å². The molecular weight excluding hydrogens is 563 g/mol. The molecule has 32 heavy (non-hydrogen) atoms. The monoisotopic (exact) mass is 587 g/mol. The summed E-state index contributed by atoms with van der Waals surface area (Å²) in [6.45, 7) is 0. The van der Waals surface area contributed by atoms with Crippen molar-refractivity contribution in [3.63, 3.8) is 0 Å². The molecule has 1 saturated heterocycles. The zero-order chi connectivity index (χ0) is 22.6. The van der Waals surface area contributed by atoms with Crippen molar-refractivity contribution >= 4 is 57.4 Å². The van der Waals surface area contributed by atoms with Gasteiger partial charge < -0.3 is 11.1 Å². The summed E-state index contributed by atoms with van der Waals surface area (Å²) in [6, 6.07) is 10.2. The van der Waals surface area contributed by atoms with Crippen LogP contribution in [-0.4, -0.2) is 33.4 Å². The Kier molecular flexibility index (Phi) is 6.20. The Morgan fingerprint density at radius 3 is 2.66 bits per heavy atom. The third kappa shape index (κ3) is 3.24. The molecule has 0 aromatic heterocycles. The van der Waals surface area contributed by atoms with Crippen LogP contribution in [0.5, 0.6) is 0 Å². The summed E-state index contributed by atoms with van der Waals surface area (Å²) >= 11 is 14.8. The fourth-order valence-corrected chi connectivity index (χ4v) is 7.62. The summed E-state index contributed by atoms with van der Waals surface area (Å²) in [6.07, 6.45) is 5.44. The number of benzene rings is 2. The van der Waals surface area contributed by atoms with E-state index in [-0.39, 0.29) is 23.0 Å². The Morgan fingerprint density at radius 2 is 1.94 bits per heavy atom. The Labute approximate surface area is 211 Å². The van der Waals surface area contributed by atoms with Gasteiger partial charge >= 0.3 is 0 Å². The van der Waals surface area contributed by atoms with Crippen molar-refractivity contribution in [3.05, 3.63) is 63.4 Å². The van der Waals surface area contributed by atoms with Gasteiger partial charge in [-0.25, -0.2) is 4.39 Å². The van der Waals surface area contributed by atoms with Gasteiger partial charge in [0.05, 0.1) is 5.02 Å². The maximum absolute atomic E-state index is 15.5. The van der Waals surface area contributed by atoms with Crippen molar-refractivity contribution in [2.75, 3.05) is 9.74 Å². The van der Waals surface area contributed by atoms with E-state index in [1.54, 1.807) is 24.3 Å². The third-order valence-electron chi connectivity index (χ3n) is 7.47. The van der Waals surface area contributed by atoms with E-state index < -0.39 is 23.3 Å². The molecule has 1 amide bonds. The van der Waals surface area contributed by atoms with Crippen LogP contribution in [0.2, 0.25) is 10.0 Å². The standard InChI is InChI=1S/C24H25Cl2FIN3O/c25-13-9-10-16-18(11-13)30-23(32)24(16)20(15-7-4-8-17(26)21(15)27)22(29)19(12-28)31(24)14-5-2-1-3-6-14/h4,7-11,14,19-20,22H,1-3,5-6,12,29H2,(H,30,32)/t19?,20-,22-,24?/m0/s1. The summed E-state index contributed by atoms with van der Waals surface area (Å²) in [4.78, 5) is 16.3. The average molecular weight is 588 g/mol. The maximum Gasteiger partial charge on any atom is 0.250 e. The van der Waals surface area contributed by atoms with Gasteiger partial charge in [0.15, 0.2) is 0 Å². The lowest BCUT2D eigenvalue weighted by molar-refractivity contribution is -0.130. The number of halogens is 4. The van der Waals surface area contributed by atoms with Crippen LogP contribution in [0.15, 0.2) is 36.4 Å². The van der Waals surface area contributed by atoms with E-state index in [1.807, 2.05) is 6.07 Å². The number of amides is 1. The molecule has 4 atom stereocenters. The number of nitrogens with zero attached hydrogens (tertiary/aromatic N) is 1. The summed E-state index contributed by atoms with van der Waals surface area (Å²) in [5.41, 5.74) is 7.72. The highest BCUT2D eigenvalue weighted by atomic mass is 127. The minimum Gasteiger partial charge on any atom is -0.326 e. The first-order valence-electron chi connectivity index (χ1n) is 11.1. The zero-order valence-electron chi connectivity index (χ0n) is 17.5. The van der Waals surface area contributed by atoms with Crippen molar-refractivity contribution in [1.82, 2.24) is 4.90 Å². The van der Waals surface area contributed by atoms with Crippen LogP contribution in [-0.2, 0) is 10.3 Å². The van der Waals surface area contributed by atoms with Gasteiger partial charge in [-0.3, -0.25) is 9.69 Å². The van der Waals surface area contributed by atoms with Crippen LogP contribution in [0.3, 0.4) is 0 Å². The molecule has 2 fully saturated rings. The Morgan fingerprint density at radius 1 is 1.19 bits per heavy atom. The molecule has 1 aliphatic carbocycles. The maximum atomic E-state index is 15.5. The van der Waals surface area contributed by atoms with Crippen molar-refractivity contribution in [2.45, 2.75) is 61.7 Å². The van der Waals surface area contributed by atoms with Gasteiger partial charge in [-0.2, -0.15) is 0 Å². The molecule has 2 heterocycles. The number of carbonyl (C=O) groups excluding carboxylic acids is 1. The fraction of sp³-hybridized carbons (Fsp3) is 0.458. The summed E-state index contributed by atoms with van der Waals surface area (Å²) in [5.74, 6) is -1.24. The second-order valence-electron chi connectivity index (χ2n) is 9.03. The lowest BCUT2D eigenvalue weighted by Crippen LogP contribution is -2.57. The Hall–Kier alpha value is -0.930. The smallest absolute Gasteiger partial charge is 0.250 e. The summed E-state index contributed by atoms with van der Waals surface area (Å²) in [7, 11) is 0. The molecular formula is C24H25Cl2FIN3O. The van der Waals surface area contributed by atoms with Crippen LogP contribution in [0, 0.1) is 5.82 Å². The molecule has 2 unspecified atom stereocenters. The molecule has 170 valence electrons. The number of nitrogens with one attached hydrogen (secondary N) is 1. The number of likely N-dealkylation sites (tertiary alicyclic amines) is 1. The van der Waals surface area contributed by atoms with Gasteiger partial charge in [0, 0.05) is 44.7 Å². The number of alkyl halides is 1. The van der Waals surface area contributed by atoms with E-state index in [0.717, 1.165) is 35.7 Å². The van der Waals surface area contributed by atoms with Gasteiger partial charge in [0.25, 0.3) is 0 Å². The lowest BCUT2D eigenvalue weighted by Gasteiger charge is -2.45. The predicted octanol–water partition coefficient (Wildman–Crippen LogP) is 5.84. The van der Waals surface area contributed by atoms with E-state index in [9.17, 15) is 4.79 Å². The highest BCUT2D eigenvalue weighted by Gasteiger charge is 2.67. The number of hydrogen-bond donors (Lipinski definition) is 2. The Balaban J connectivity index is 1.80. The largest absolute Gasteiger partial charge is 0.326 e. The van der Waals surface area contributed by atoms with Crippen molar-refractivity contribution in [2.24, 2.45) is 5.73 Å². The molecule has 0 radical (unpaired) electrons. The van der Waals surface area contributed by atoms with Gasteiger partial charge in [-0.1, -0.05) is 83.3 Å². The molecule has 2 aliphatic heterocycles. The lowest BCUT2D eigenvalue weighted by atomic mass is 9.73. The van der Waals surface area contributed by atoms with Crippen LogP contribution in [0.25, 0.3) is 0 Å².